The van der Waals surface area contributed by atoms with Gasteiger partial charge in [-0.1, -0.05) is 35.3 Å². The van der Waals surface area contributed by atoms with Crippen molar-refractivity contribution >= 4 is 23.2 Å². The first-order chi connectivity index (χ1) is 11.6. The SMILES string of the molecule is Cn1cccc1-c1nnc2n1CCN(Cc1cccc(Cl)c1Cl)C2. The molecular formula is C17H17Cl2N5. The van der Waals surface area contributed by atoms with Gasteiger partial charge in [0.05, 0.1) is 22.3 Å². The molecule has 4 rings (SSSR count). The van der Waals surface area contributed by atoms with Crippen LogP contribution in [0.2, 0.25) is 10.0 Å². The maximum atomic E-state index is 6.31. The van der Waals surface area contributed by atoms with Crippen LogP contribution in [-0.4, -0.2) is 30.8 Å². The smallest absolute Gasteiger partial charge is 0.180 e. The van der Waals surface area contributed by atoms with Crippen molar-refractivity contribution in [1.29, 1.82) is 0 Å². The summed E-state index contributed by atoms with van der Waals surface area (Å²) in [4.78, 5) is 2.32. The molecule has 0 spiro atoms. The highest BCUT2D eigenvalue weighted by Gasteiger charge is 2.23. The van der Waals surface area contributed by atoms with Crippen molar-refractivity contribution in [3.8, 4) is 11.5 Å². The summed E-state index contributed by atoms with van der Waals surface area (Å²) in [6.07, 6.45) is 2.02. The van der Waals surface area contributed by atoms with Crippen LogP contribution in [0.4, 0.5) is 0 Å². The molecule has 24 heavy (non-hydrogen) atoms. The molecule has 5 nitrogen and oxygen atoms in total. The molecule has 1 aliphatic heterocycles. The highest BCUT2D eigenvalue weighted by molar-refractivity contribution is 6.42. The third-order valence-corrected chi connectivity index (χ3v) is 5.29. The second-order valence-corrected chi connectivity index (χ2v) is 6.80. The van der Waals surface area contributed by atoms with E-state index in [-0.39, 0.29) is 0 Å². The van der Waals surface area contributed by atoms with Gasteiger partial charge in [-0.15, -0.1) is 10.2 Å². The lowest BCUT2D eigenvalue weighted by atomic mass is 10.2. The molecular weight excluding hydrogens is 345 g/mol. The Morgan fingerprint density at radius 3 is 2.75 bits per heavy atom. The fourth-order valence-corrected chi connectivity index (χ4v) is 3.52. The average Bonchev–Trinajstić information content (AvgIpc) is 3.17. The standard InChI is InChI=1S/C17H17Cl2N5/c1-22-7-3-6-14(22)17-21-20-15-11-23(8-9-24(15)17)10-12-4-2-5-13(18)16(12)19/h2-7H,8-11H2,1H3. The van der Waals surface area contributed by atoms with Crippen LogP contribution in [-0.2, 0) is 26.7 Å². The van der Waals surface area contributed by atoms with E-state index in [0.29, 0.717) is 10.0 Å². The monoisotopic (exact) mass is 361 g/mol. The van der Waals surface area contributed by atoms with Crippen LogP contribution in [0.3, 0.4) is 0 Å². The first kappa shape index (κ1) is 15.7. The quantitative estimate of drug-likeness (QED) is 0.715. The van der Waals surface area contributed by atoms with E-state index < -0.39 is 0 Å². The van der Waals surface area contributed by atoms with Gasteiger partial charge in [-0.05, 0) is 23.8 Å². The second kappa shape index (κ2) is 6.24. The molecule has 0 amide bonds. The lowest BCUT2D eigenvalue weighted by Crippen LogP contribution is -2.33. The van der Waals surface area contributed by atoms with Gasteiger partial charge >= 0.3 is 0 Å². The molecule has 3 heterocycles. The molecule has 0 radical (unpaired) electrons. The lowest BCUT2D eigenvalue weighted by molar-refractivity contribution is 0.209. The van der Waals surface area contributed by atoms with E-state index in [9.17, 15) is 0 Å². The minimum Gasteiger partial charge on any atom is -0.348 e. The Kier molecular flexibility index (Phi) is 4.08. The summed E-state index contributed by atoms with van der Waals surface area (Å²) in [6.45, 7) is 3.29. The van der Waals surface area contributed by atoms with Gasteiger partial charge in [-0.3, -0.25) is 4.90 Å². The van der Waals surface area contributed by atoms with E-state index in [4.69, 9.17) is 23.2 Å². The van der Waals surface area contributed by atoms with E-state index in [2.05, 4.69) is 30.3 Å². The van der Waals surface area contributed by atoms with Crippen LogP contribution < -0.4 is 0 Å². The Bertz CT molecular complexity index is 883. The van der Waals surface area contributed by atoms with Gasteiger partial charge in [0.1, 0.15) is 5.82 Å². The van der Waals surface area contributed by atoms with Gasteiger partial charge in [0.2, 0.25) is 0 Å². The zero-order chi connectivity index (χ0) is 16.7. The number of halogens is 2. The van der Waals surface area contributed by atoms with E-state index >= 15 is 0 Å². The molecule has 0 fully saturated rings. The zero-order valence-electron chi connectivity index (χ0n) is 13.3. The number of nitrogens with zero attached hydrogens (tertiary/aromatic N) is 5. The molecule has 0 bridgehead atoms. The molecule has 0 atom stereocenters. The number of aromatic nitrogens is 4. The van der Waals surface area contributed by atoms with Crippen LogP contribution in [0.1, 0.15) is 11.4 Å². The maximum Gasteiger partial charge on any atom is 0.180 e. The molecule has 1 aliphatic rings. The molecule has 1 aromatic carbocycles. The number of benzene rings is 1. The lowest BCUT2D eigenvalue weighted by Gasteiger charge is -2.28. The maximum absolute atomic E-state index is 6.31. The Morgan fingerprint density at radius 1 is 1.08 bits per heavy atom. The van der Waals surface area contributed by atoms with Crippen LogP contribution in [0.5, 0.6) is 0 Å². The van der Waals surface area contributed by atoms with Crippen molar-refractivity contribution in [2.45, 2.75) is 19.6 Å². The molecule has 0 aliphatic carbocycles. The van der Waals surface area contributed by atoms with Gasteiger partial charge < -0.3 is 9.13 Å². The van der Waals surface area contributed by atoms with E-state index in [0.717, 1.165) is 49.1 Å². The molecule has 0 saturated heterocycles. The van der Waals surface area contributed by atoms with Crippen molar-refractivity contribution in [2.24, 2.45) is 7.05 Å². The Hall–Kier alpha value is -1.82. The second-order valence-electron chi connectivity index (χ2n) is 6.02. The Balaban J connectivity index is 1.56. The minimum absolute atomic E-state index is 0.598. The Labute approximate surface area is 150 Å². The van der Waals surface area contributed by atoms with Gasteiger partial charge in [0.15, 0.2) is 5.82 Å². The fraction of sp³-hybridized carbons (Fsp3) is 0.294. The number of rotatable bonds is 3. The van der Waals surface area contributed by atoms with Gasteiger partial charge in [0.25, 0.3) is 0 Å². The molecule has 2 aromatic heterocycles. The van der Waals surface area contributed by atoms with Crippen LogP contribution in [0.25, 0.3) is 11.5 Å². The van der Waals surface area contributed by atoms with Gasteiger partial charge in [-0.25, -0.2) is 0 Å². The van der Waals surface area contributed by atoms with Gasteiger partial charge in [-0.2, -0.15) is 0 Å². The van der Waals surface area contributed by atoms with Crippen molar-refractivity contribution in [3.63, 3.8) is 0 Å². The summed E-state index contributed by atoms with van der Waals surface area (Å²) in [5, 5.41) is 10.0. The largest absolute Gasteiger partial charge is 0.348 e. The molecule has 0 saturated carbocycles. The third kappa shape index (κ3) is 2.73. The van der Waals surface area contributed by atoms with Crippen molar-refractivity contribution in [1.82, 2.24) is 24.2 Å². The van der Waals surface area contributed by atoms with Crippen molar-refractivity contribution in [3.05, 3.63) is 58.0 Å². The molecule has 0 N–H and O–H groups in total. The highest BCUT2D eigenvalue weighted by Crippen LogP contribution is 2.28. The summed E-state index contributed by atoms with van der Waals surface area (Å²) >= 11 is 12.4. The molecule has 3 aromatic rings. The number of hydrogen-bond donors (Lipinski definition) is 0. The van der Waals surface area contributed by atoms with E-state index in [1.807, 2.05) is 37.5 Å². The van der Waals surface area contributed by atoms with E-state index in [1.165, 1.54) is 0 Å². The minimum atomic E-state index is 0.598. The summed E-state index contributed by atoms with van der Waals surface area (Å²) in [5.41, 5.74) is 2.12. The predicted molar refractivity (Wildman–Crippen MR) is 95.0 cm³/mol. The van der Waals surface area contributed by atoms with Crippen LogP contribution >= 0.6 is 23.2 Å². The van der Waals surface area contributed by atoms with E-state index in [1.54, 1.807) is 0 Å². The summed E-state index contributed by atoms with van der Waals surface area (Å²) in [6, 6.07) is 9.85. The molecule has 7 heteroatoms. The van der Waals surface area contributed by atoms with Gasteiger partial charge in [0, 0.05) is 32.9 Å². The van der Waals surface area contributed by atoms with Crippen LogP contribution in [0.15, 0.2) is 36.5 Å². The summed E-state index contributed by atoms with van der Waals surface area (Å²) in [7, 11) is 2.02. The normalized spacial score (nSPS) is 14.8. The first-order valence-corrected chi connectivity index (χ1v) is 8.58. The summed E-state index contributed by atoms with van der Waals surface area (Å²) < 4.78 is 4.26. The van der Waals surface area contributed by atoms with Crippen molar-refractivity contribution in [2.75, 3.05) is 6.54 Å². The fourth-order valence-electron chi connectivity index (χ4n) is 3.14. The molecule has 124 valence electrons. The zero-order valence-corrected chi connectivity index (χ0v) is 14.8. The van der Waals surface area contributed by atoms with Crippen LogP contribution in [0, 0.1) is 0 Å². The third-order valence-electron chi connectivity index (χ3n) is 4.43. The number of aryl methyl sites for hydroxylation is 1. The highest BCUT2D eigenvalue weighted by atomic mass is 35.5. The predicted octanol–water partition coefficient (Wildman–Crippen LogP) is 3.61. The number of hydrogen-bond acceptors (Lipinski definition) is 3. The number of fused-ring (bicyclic) bond motifs is 1. The summed E-state index contributed by atoms with van der Waals surface area (Å²) in [5.74, 6) is 1.91. The average molecular weight is 362 g/mol. The first-order valence-electron chi connectivity index (χ1n) is 7.82. The Morgan fingerprint density at radius 2 is 1.96 bits per heavy atom. The van der Waals surface area contributed by atoms with Crippen molar-refractivity contribution < 1.29 is 0 Å². The topological polar surface area (TPSA) is 38.9 Å². The molecule has 0 unspecified atom stereocenters.